The topological polar surface area (TPSA) is 123 Å². The number of ether oxygens (including phenoxy) is 1. The van der Waals surface area contributed by atoms with Gasteiger partial charge in [0.1, 0.15) is 12.6 Å². The number of aliphatic hydroxyl groups excluding tert-OH is 1. The van der Waals surface area contributed by atoms with Crippen molar-refractivity contribution in [1.29, 1.82) is 5.26 Å². The van der Waals surface area contributed by atoms with Gasteiger partial charge in [0, 0.05) is 19.5 Å². The Kier molecular flexibility index (Phi) is 14.5. The Morgan fingerprint density at radius 3 is 2.52 bits per heavy atom. The number of benzene rings is 1. The number of aliphatic hydroxyl groups is 1. The normalized spacial score (nSPS) is 10.8. The Balaban J connectivity index is 0.00000676. The quantitative estimate of drug-likeness (QED) is 0.391. The molecule has 0 bridgehead atoms. The zero-order valence-electron chi connectivity index (χ0n) is 15.1. The summed E-state index contributed by atoms with van der Waals surface area (Å²) in [7, 11) is 0. The van der Waals surface area contributed by atoms with Crippen LogP contribution in [0.2, 0.25) is 0 Å². The first-order chi connectivity index (χ1) is 12.7. The van der Waals surface area contributed by atoms with E-state index in [4.69, 9.17) is 10.00 Å². The summed E-state index contributed by atoms with van der Waals surface area (Å²) in [5.74, 6) is -0.457. The van der Waals surface area contributed by atoms with E-state index in [9.17, 15) is 14.7 Å². The lowest BCUT2D eigenvalue weighted by Gasteiger charge is -2.16. The van der Waals surface area contributed by atoms with Crippen molar-refractivity contribution in [3.8, 4) is 6.07 Å². The molecule has 150 valence electrons. The lowest BCUT2D eigenvalue weighted by atomic mass is 10.2. The van der Waals surface area contributed by atoms with Gasteiger partial charge in [-0.1, -0.05) is 30.3 Å². The molecule has 0 saturated heterocycles. The Labute approximate surface area is 165 Å². The van der Waals surface area contributed by atoms with Crippen molar-refractivity contribution in [1.82, 2.24) is 16.0 Å². The highest BCUT2D eigenvalue weighted by Crippen LogP contribution is 2.00. The van der Waals surface area contributed by atoms with Crippen LogP contribution < -0.4 is 16.0 Å². The van der Waals surface area contributed by atoms with Gasteiger partial charge in [-0.25, -0.2) is 4.79 Å². The highest BCUT2D eigenvalue weighted by molar-refractivity contribution is 5.86. The number of rotatable bonds is 12. The molecular formula is C18H27ClN4O4. The number of nitriles is 1. The van der Waals surface area contributed by atoms with Crippen molar-refractivity contribution < 1.29 is 19.4 Å². The molecule has 8 nitrogen and oxygen atoms in total. The number of carbonyl (C=O) groups excluding carboxylic acids is 2. The summed E-state index contributed by atoms with van der Waals surface area (Å²) < 4.78 is 5.03. The van der Waals surface area contributed by atoms with E-state index in [1.165, 1.54) is 0 Å². The molecule has 0 spiro atoms. The maximum Gasteiger partial charge on any atom is 0.408 e. The second-order valence-corrected chi connectivity index (χ2v) is 5.60. The SMILES string of the molecule is Cl.N#CCCNCCCCNC(=O)[C@H](CO)NC(=O)OCc1ccccc1. The average molecular weight is 399 g/mol. The summed E-state index contributed by atoms with van der Waals surface area (Å²) >= 11 is 0. The number of alkyl carbamates (subject to hydrolysis) is 1. The number of nitrogens with zero attached hydrogens (tertiary/aromatic N) is 1. The van der Waals surface area contributed by atoms with Gasteiger partial charge >= 0.3 is 6.09 Å². The van der Waals surface area contributed by atoms with Crippen molar-refractivity contribution in [3.63, 3.8) is 0 Å². The number of hydrogen-bond donors (Lipinski definition) is 4. The molecule has 27 heavy (non-hydrogen) atoms. The second kappa shape index (κ2) is 15.9. The van der Waals surface area contributed by atoms with E-state index in [-0.39, 0.29) is 19.0 Å². The molecule has 0 aliphatic carbocycles. The van der Waals surface area contributed by atoms with Crippen molar-refractivity contribution in [2.45, 2.75) is 31.9 Å². The Hall–Kier alpha value is -2.34. The highest BCUT2D eigenvalue weighted by atomic mass is 35.5. The fraction of sp³-hybridized carbons (Fsp3) is 0.500. The molecule has 9 heteroatoms. The lowest BCUT2D eigenvalue weighted by molar-refractivity contribution is -0.123. The van der Waals surface area contributed by atoms with Gasteiger partial charge in [0.15, 0.2) is 0 Å². The number of unbranched alkanes of at least 4 members (excludes halogenated alkanes) is 1. The molecule has 0 saturated carbocycles. The Bertz CT molecular complexity index is 580. The third kappa shape index (κ3) is 11.8. The van der Waals surface area contributed by atoms with E-state index < -0.39 is 24.6 Å². The van der Waals surface area contributed by atoms with Crippen LogP contribution in [0.5, 0.6) is 0 Å². The van der Waals surface area contributed by atoms with Gasteiger partial charge in [-0.15, -0.1) is 12.4 Å². The molecule has 0 aliphatic heterocycles. The number of carbonyl (C=O) groups is 2. The average Bonchev–Trinajstić information content (AvgIpc) is 2.67. The summed E-state index contributed by atoms with van der Waals surface area (Å²) in [5, 5.41) is 25.8. The first-order valence-corrected chi connectivity index (χ1v) is 8.60. The summed E-state index contributed by atoms with van der Waals surface area (Å²) in [5.41, 5.74) is 0.830. The molecule has 4 N–H and O–H groups in total. The summed E-state index contributed by atoms with van der Waals surface area (Å²) in [6, 6.07) is 10.2. The molecule has 1 aromatic carbocycles. The molecule has 1 atom stereocenters. The largest absolute Gasteiger partial charge is 0.445 e. The van der Waals surface area contributed by atoms with E-state index in [2.05, 4.69) is 16.0 Å². The molecular weight excluding hydrogens is 372 g/mol. The van der Waals surface area contributed by atoms with E-state index in [0.29, 0.717) is 19.5 Å². The number of hydrogen-bond acceptors (Lipinski definition) is 6. The lowest BCUT2D eigenvalue weighted by Crippen LogP contribution is -2.49. The molecule has 1 aromatic rings. The van der Waals surface area contributed by atoms with Crippen molar-refractivity contribution in [2.24, 2.45) is 0 Å². The minimum atomic E-state index is -1.05. The molecule has 2 amide bonds. The van der Waals surface area contributed by atoms with Crippen LogP contribution in [-0.2, 0) is 16.1 Å². The van der Waals surface area contributed by atoms with Crippen LogP contribution in [0, 0.1) is 11.3 Å². The van der Waals surface area contributed by atoms with Gasteiger partial charge in [-0.05, 0) is 24.9 Å². The maximum atomic E-state index is 12.0. The number of amides is 2. The Morgan fingerprint density at radius 2 is 1.85 bits per heavy atom. The Morgan fingerprint density at radius 1 is 1.15 bits per heavy atom. The van der Waals surface area contributed by atoms with E-state index in [1.807, 2.05) is 36.4 Å². The van der Waals surface area contributed by atoms with E-state index in [0.717, 1.165) is 24.9 Å². The zero-order valence-corrected chi connectivity index (χ0v) is 16.0. The van der Waals surface area contributed by atoms with Crippen LogP contribution in [0.3, 0.4) is 0 Å². The van der Waals surface area contributed by atoms with Gasteiger partial charge in [0.25, 0.3) is 0 Å². The van der Waals surface area contributed by atoms with Crippen LogP contribution >= 0.6 is 12.4 Å². The van der Waals surface area contributed by atoms with Crippen LogP contribution in [0.4, 0.5) is 4.79 Å². The van der Waals surface area contributed by atoms with Crippen LogP contribution in [0.25, 0.3) is 0 Å². The third-order valence-corrected chi connectivity index (χ3v) is 3.50. The first kappa shape index (κ1) is 24.7. The van der Waals surface area contributed by atoms with Gasteiger partial charge in [0.05, 0.1) is 12.7 Å². The monoisotopic (exact) mass is 398 g/mol. The molecule has 0 aromatic heterocycles. The molecule has 1 rings (SSSR count). The smallest absolute Gasteiger partial charge is 0.408 e. The van der Waals surface area contributed by atoms with Gasteiger partial charge in [-0.2, -0.15) is 5.26 Å². The molecule has 0 heterocycles. The molecule has 0 unspecified atom stereocenters. The minimum absolute atomic E-state index is 0. The van der Waals surface area contributed by atoms with Crippen LogP contribution in [0.15, 0.2) is 30.3 Å². The van der Waals surface area contributed by atoms with E-state index in [1.54, 1.807) is 0 Å². The van der Waals surface area contributed by atoms with Crippen molar-refractivity contribution >= 4 is 24.4 Å². The summed E-state index contributed by atoms with van der Waals surface area (Å²) in [6.07, 6.45) is 1.31. The predicted molar refractivity (Wildman–Crippen MR) is 103 cm³/mol. The van der Waals surface area contributed by atoms with Crippen LogP contribution in [0.1, 0.15) is 24.8 Å². The number of nitrogens with one attached hydrogen (secondary N) is 3. The third-order valence-electron chi connectivity index (χ3n) is 3.50. The van der Waals surface area contributed by atoms with Gasteiger partial charge in [-0.3, -0.25) is 4.79 Å². The van der Waals surface area contributed by atoms with Gasteiger partial charge < -0.3 is 25.8 Å². The van der Waals surface area contributed by atoms with Crippen molar-refractivity contribution in [3.05, 3.63) is 35.9 Å². The fourth-order valence-electron chi connectivity index (χ4n) is 2.08. The first-order valence-electron chi connectivity index (χ1n) is 8.60. The standard InChI is InChI=1S/C18H26N4O4.ClH/c19-9-6-11-20-10-4-5-12-21-17(24)16(13-23)22-18(25)26-14-15-7-2-1-3-8-15;/h1-3,7-8,16,20,23H,4-6,10-14H2,(H,21,24)(H,22,25);1H/t16-;/m0./s1. The van der Waals surface area contributed by atoms with Crippen LogP contribution in [-0.4, -0.2) is 49.4 Å². The molecule has 0 aliphatic rings. The molecule has 0 fully saturated rings. The summed E-state index contributed by atoms with van der Waals surface area (Å²) in [6.45, 7) is 1.44. The highest BCUT2D eigenvalue weighted by Gasteiger charge is 2.20. The predicted octanol–water partition coefficient (Wildman–Crippen LogP) is 1.10. The zero-order chi connectivity index (χ0) is 19.0. The van der Waals surface area contributed by atoms with E-state index >= 15 is 0 Å². The minimum Gasteiger partial charge on any atom is -0.445 e. The molecule has 0 radical (unpaired) electrons. The maximum absolute atomic E-state index is 12.0. The fourth-order valence-corrected chi connectivity index (χ4v) is 2.08. The summed E-state index contributed by atoms with van der Waals surface area (Å²) in [4.78, 5) is 23.7. The number of halogens is 1. The second-order valence-electron chi connectivity index (χ2n) is 5.60. The van der Waals surface area contributed by atoms with Crippen molar-refractivity contribution in [2.75, 3.05) is 26.2 Å². The van der Waals surface area contributed by atoms with Gasteiger partial charge in [0.2, 0.25) is 5.91 Å².